The van der Waals surface area contributed by atoms with E-state index in [-0.39, 0.29) is 10.6 Å². The number of pyridine rings is 1. The fourth-order valence-electron chi connectivity index (χ4n) is 2.67. The molecule has 0 aliphatic heterocycles. The predicted molar refractivity (Wildman–Crippen MR) is 101 cm³/mol. The van der Waals surface area contributed by atoms with Gasteiger partial charge in [0.1, 0.15) is 10.7 Å². The van der Waals surface area contributed by atoms with Crippen molar-refractivity contribution in [2.24, 2.45) is 0 Å². The zero-order valence-electron chi connectivity index (χ0n) is 14.8. The van der Waals surface area contributed by atoms with Crippen LogP contribution in [0.5, 0.6) is 0 Å². The predicted octanol–water partition coefficient (Wildman–Crippen LogP) is 2.94. The Balaban J connectivity index is 1.83. The Morgan fingerprint density at radius 3 is 2.67 bits per heavy atom. The molecular weight excluding hydrogens is 369 g/mol. The van der Waals surface area contributed by atoms with E-state index in [9.17, 15) is 17.6 Å². The van der Waals surface area contributed by atoms with Crippen LogP contribution in [-0.4, -0.2) is 37.2 Å². The lowest BCUT2D eigenvalue weighted by Gasteiger charge is -2.18. The SMILES string of the molecule is Cc1cnc2c(S(=O)(=O)N(C)CC(=O)Nc3cccc(F)c3)cccc2c1. The van der Waals surface area contributed by atoms with E-state index < -0.39 is 28.3 Å². The second kappa shape index (κ2) is 7.42. The molecule has 0 fully saturated rings. The van der Waals surface area contributed by atoms with E-state index in [4.69, 9.17) is 0 Å². The molecule has 8 heteroatoms. The highest BCUT2D eigenvalue weighted by atomic mass is 32.2. The molecule has 27 heavy (non-hydrogen) atoms. The van der Waals surface area contributed by atoms with Gasteiger partial charge in [-0.25, -0.2) is 12.8 Å². The average Bonchev–Trinajstić information content (AvgIpc) is 2.60. The Bertz CT molecular complexity index is 1120. The van der Waals surface area contributed by atoms with Crippen LogP contribution in [-0.2, 0) is 14.8 Å². The van der Waals surface area contributed by atoms with Gasteiger partial charge in [-0.2, -0.15) is 4.31 Å². The molecule has 1 amide bonds. The molecule has 1 aromatic heterocycles. The second-order valence-electron chi connectivity index (χ2n) is 6.16. The minimum atomic E-state index is -3.94. The van der Waals surface area contributed by atoms with E-state index in [1.165, 1.54) is 31.3 Å². The number of aromatic nitrogens is 1. The van der Waals surface area contributed by atoms with Crippen molar-refractivity contribution in [3.05, 3.63) is 66.1 Å². The number of benzene rings is 2. The quantitative estimate of drug-likeness (QED) is 0.730. The first kappa shape index (κ1) is 18.9. The number of sulfonamides is 1. The van der Waals surface area contributed by atoms with Gasteiger partial charge in [0.25, 0.3) is 0 Å². The standard InChI is InChI=1S/C19H18FN3O3S/c1-13-9-14-5-3-8-17(19(14)21-11-13)27(25,26)23(2)12-18(24)22-16-7-4-6-15(20)10-16/h3-11H,12H2,1-2H3,(H,22,24). The summed E-state index contributed by atoms with van der Waals surface area (Å²) in [5.74, 6) is -1.07. The Kier molecular flexibility index (Phi) is 5.20. The zero-order chi connectivity index (χ0) is 19.6. The Morgan fingerprint density at radius 2 is 1.93 bits per heavy atom. The summed E-state index contributed by atoms with van der Waals surface area (Å²) in [6, 6.07) is 12.1. The summed E-state index contributed by atoms with van der Waals surface area (Å²) < 4.78 is 40.0. The molecule has 1 N–H and O–H groups in total. The molecule has 0 atom stereocenters. The number of para-hydroxylation sites is 1. The van der Waals surface area contributed by atoms with Crippen LogP contribution in [0.25, 0.3) is 10.9 Å². The fourth-order valence-corrected chi connectivity index (χ4v) is 3.96. The Labute approximate surface area is 156 Å². The van der Waals surface area contributed by atoms with Crippen molar-refractivity contribution < 1.29 is 17.6 Å². The van der Waals surface area contributed by atoms with Crippen LogP contribution in [0.15, 0.2) is 59.6 Å². The molecule has 0 aliphatic rings. The smallest absolute Gasteiger partial charge is 0.245 e. The number of aryl methyl sites for hydroxylation is 1. The molecule has 3 rings (SSSR count). The normalized spacial score (nSPS) is 11.7. The maximum Gasteiger partial charge on any atom is 0.245 e. The third-order valence-corrected chi connectivity index (χ3v) is 5.81. The number of carbonyl (C=O) groups is 1. The van der Waals surface area contributed by atoms with Crippen LogP contribution in [0.3, 0.4) is 0 Å². The highest BCUT2D eigenvalue weighted by Crippen LogP contribution is 2.24. The number of likely N-dealkylation sites (N-methyl/N-ethyl adjacent to an activating group) is 1. The molecule has 0 aliphatic carbocycles. The molecule has 0 saturated heterocycles. The van der Waals surface area contributed by atoms with Crippen molar-refractivity contribution in [1.29, 1.82) is 0 Å². The van der Waals surface area contributed by atoms with Gasteiger partial charge in [0.15, 0.2) is 0 Å². The van der Waals surface area contributed by atoms with Gasteiger partial charge in [-0.05, 0) is 42.8 Å². The summed E-state index contributed by atoms with van der Waals surface area (Å²) in [7, 11) is -2.63. The van der Waals surface area contributed by atoms with Crippen LogP contribution in [0.1, 0.15) is 5.56 Å². The van der Waals surface area contributed by atoms with Gasteiger partial charge < -0.3 is 5.32 Å². The molecular formula is C19H18FN3O3S. The highest BCUT2D eigenvalue weighted by Gasteiger charge is 2.25. The maximum atomic E-state index is 13.2. The van der Waals surface area contributed by atoms with E-state index in [1.54, 1.807) is 18.3 Å². The van der Waals surface area contributed by atoms with E-state index in [2.05, 4.69) is 10.3 Å². The third kappa shape index (κ3) is 4.12. The van der Waals surface area contributed by atoms with Gasteiger partial charge in [-0.3, -0.25) is 9.78 Å². The number of rotatable bonds is 5. The van der Waals surface area contributed by atoms with E-state index >= 15 is 0 Å². The van der Waals surface area contributed by atoms with Crippen LogP contribution >= 0.6 is 0 Å². The van der Waals surface area contributed by atoms with Crippen molar-refractivity contribution in [1.82, 2.24) is 9.29 Å². The van der Waals surface area contributed by atoms with Gasteiger partial charge in [0.05, 0.1) is 12.1 Å². The van der Waals surface area contributed by atoms with Crippen LogP contribution in [0.2, 0.25) is 0 Å². The fraction of sp³-hybridized carbons (Fsp3) is 0.158. The summed E-state index contributed by atoms with van der Waals surface area (Å²) >= 11 is 0. The van der Waals surface area contributed by atoms with Gasteiger partial charge in [0.2, 0.25) is 15.9 Å². The number of hydrogen-bond acceptors (Lipinski definition) is 4. The molecule has 0 radical (unpaired) electrons. The summed E-state index contributed by atoms with van der Waals surface area (Å²) in [5, 5.41) is 3.18. The molecule has 0 saturated carbocycles. The number of carbonyl (C=O) groups excluding carboxylic acids is 1. The lowest BCUT2D eigenvalue weighted by Crippen LogP contribution is -2.35. The first-order valence-electron chi connectivity index (χ1n) is 8.14. The number of halogens is 1. The monoisotopic (exact) mass is 387 g/mol. The van der Waals surface area contributed by atoms with Crippen molar-refractivity contribution in [2.75, 3.05) is 18.9 Å². The number of hydrogen-bond donors (Lipinski definition) is 1. The molecule has 1 heterocycles. The number of amides is 1. The first-order chi connectivity index (χ1) is 12.8. The van der Waals surface area contributed by atoms with Crippen molar-refractivity contribution in [3.8, 4) is 0 Å². The zero-order valence-corrected chi connectivity index (χ0v) is 15.6. The highest BCUT2D eigenvalue weighted by molar-refractivity contribution is 7.89. The third-order valence-electron chi connectivity index (χ3n) is 3.97. The van der Waals surface area contributed by atoms with Gasteiger partial charge in [0, 0.05) is 24.3 Å². The van der Waals surface area contributed by atoms with Crippen molar-refractivity contribution >= 4 is 32.5 Å². The van der Waals surface area contributed by atoms with Crippen LogP contribution in [0.4, 0.5) is 10.1 Å². The van der Waals surface area contributed by atoms with Crippen LogP contribution < -0.4 is 5.32 Å². The lowest BCUT2D eigenvalue weighted by molar-refractivity contribution is -0.116. The largest absolute Gasteiger partial charge is 0.325 e. The summed E-state index contributed by atoms with van der Waals surface area (Å²) in [4.78, 5) is 16.4. The summed E-state index contributed by atoms with van der Waals surface area (Å²) in [6.45, 7) is 1.46. The molecule has 0 spiro atoms. The van der Waals surface area contributed by atoms with Crippen molar-refractivity contribution in [3.63, 3.8) is 0 Å². The Morgan fingerprint density at radius 1 is 1.19 bits per heavy atom. The first-order valence-corrected chi connectivity index (χ1v) is 9.58. The molecule has 2 aromatic carbocycles. The molecule has 6 nitrogen and oxygen atoms in total. The van der Waals surface area contributed by atoms with Crippen LogP contribution in [0, 0.1) is 12.7 Å². The van der Waals surface area contributed by atoms with Gasteiger partial charge in [-0.15, -0.1) is 0 Å². The Hall–Kier alpha value is -2.84. The number of fused-ring (bicyclic) bond motifs is 1. The van der Waals surface area contributed by atoms with E-state index in [0.717, 1.165) is 15.9 Å². The summed E-state index contributed by atoms with van der Waals surface area (Å²) in [5.41, 5.74) is 1.52. The molecule has 3 aromatic rings. The topological polar surface area (TPSA) is 79.4 Å². The molecule has 0 bridgehead atoms. The summed E-state index contributed by atoms with van der Waals surface area (Å²) in [6.07, 6.45) is 1.60. The second-order valence-corrected chi connectivity index (χ2v) is 8.17. The maximum absolute atomic E-state index is 13.2. The molecule has 140 valence electrons. The van der Waals surface area contributed by atoms with Gasteiger partial charge >= 0.3 is 0 Å². The van der Waals surface area contributed by atoms with E-state index in [0.29, 0.717) is 10.9 Å². The van der Waals surface area contributed by atoms with Crippen molar-refractivity contribution in [2.45, 2.75) is 11.8 Å². The number of anilines is 1. The lowest BCUT2D eigenvalue weighted by atomic mass is 10.2. The number of nitrogens with zero attached hydrogens (tertiary/aromatic N) is 2. The van der Waals surface area contributed by atoms with E-state index in [1.807, 2.05) is 13.0 Å². The van der Waals surface area contributed by atoms with Gasteiger partial charge in [-0.1, -0.05) is 18.2 Å². The minimum Gasteiger partial charge on any atom is -0.325 e. The molecule has 0 unspecified atom stereocenters. The average molecular weight is 387 g/mol. The number of nitrogens with one attached hydrogen (secondary N) is 1. The minimum absolute atomic E-state index is 0.0288.